The quantitative estimate of drug-likeness (QED) is 0.812. The van der Waals surface area contributed by atoms with E-state index in [9.17, 15) is 4.79 Å². The predicted molar refractivity (Wildman–Crippen MR) is 71.2 cm³/mol. The van der Waals surface area contributed by atoms with Crippen LogP contribution in [0, 0.1) is 5.92 Å². The van der Waals surface area contributed by atoms with E-state index >= 15 is 0 Å². The predicted octanol–water partition coefficient (Wildman–Crippen LogP) is 1.75. The van der Waals surface area contributed by atoms with Crippen molar-refractivity contribution in [1.82, 2.24) is 10.2 Å². The SMILES string of the molecule is CCCCC1NCN(C(C)C2CCOCC2)C1=O. The van der Waals surface area contributed by atoms with E-state index in [0.29, 0.717) is 17.9 Å². The Hall–Kier alpha value is -0.610. The maximum atomic E-state index is 12.3. The molecule has 1 amide bonds. The Kier molecular flexibility index (Phi) is 5.01. The van der Waals surface area contributed by atoms with Gasteiger partial charge in [-0.05, 0) is 32.1 Å². The van der Waals surface area contributed by atoms with Gasteiger partial charge in [0.2, 0.25) is 5.91 Å². The number of nitrogens with zero attached hydrogens (tertiary/aromatic N) is 1. The molecule has 2 heterocycles. The molecule has 2 unspecified atom stereocenters. The van der Waals surface area contributed by atoms with Crippen molar-refractivity contribution in [1.29, 1.82) is 0 Å². The van der Waals surface area contributed by atoms with E-state index in [1.54, 1.807) is 0 Å². The van der Waals surface area contributed by atoms with Gasteiger partial charge in [-0.1, -0.05) is 19.8 Å². The van der Waals surface area contributed by atoms with Crippen LogP contribution in [-0.4, -0.2) is 42.8 Å². The molecule has 4 nitrogen and oxygen atoms in total. The lowest BCUT2D eigenvalue weighted by Crippen LogP contribution is -2.43. The molecule has 0 bridgehead atoms. The number of hydrogen-bond donors (Lipinski definition) is 1. The third-order valence-electron chi connectivity index (χ3n) is 4.38. The summed E-state index contributed by atoms with van der Waals surface area (Å²) in [5.74, 6) is 0.914. The van der Waals surface area contributed by atoms with Gasteiger partial charge in [-0.3, -0.25) is 10.1 Å². The van der Waals surface area contributed by atoms with Gasteiger partial charge in [0, 0.05) is 19.3 Å². The monoisotopic (exact) mass is 254 g/mol. The van der Waals surface area contributed by atoms with Crippen molar-refractivity contribution in [2.75, 3.05) is 19.9 Å². The van der Waals surface area contributed by atoms with E-state index in [4.69, 9.17) is 4.74 Å². The zero-order valence-electron chi connectivity index (χ0n) is 11.7. The number of hydrogen-bond acceptors (Lipinski definition) is 3. The molecule has 2 fully saturated rings. The summed E-state index contributed by atoms with van der Waals surface area (Å²) in [6.07, 6.45) is 5.44. The largest absolute Gasteiger partial charge is 0.381 e. The van der Waals surface area contributed by atoms with Crippen LogP contribution in [0.25, 0.3) is 0 Å². The van der Waals surface area contributed by atoms with Gasteiger partial charge in [0.1, 0.15) is 0 Å². The highest BCUT2D eigenvalue weighted by Gasteiger charge is 2.36. The lowest BCUT2D eigenvalue weighted by atomic mass is 9.92. The van der Waals surface area contributed by atoms with Crippen LogP contribution in [0.3, 0.4) is 0 Å². The highest BCUT2D eigenvalue weighted by molar-refractivity contribution is 5.84. The molecule has 0 radical (unpaired) electrons. The first-order valence-electron chi connectivity index (χ1n) is 7.35. The van der Waals surface area contributed by atoms with Crippen molar-refractivity contribution in [3.05, 3.63) is 0 Å². The molecule has 0 aliphatic carbocycles. The Labute approximate surface area is 110 Å². The summed E-state index contributed by atoms with van der Waals surface area (Å²) in [5.41, 5.74) is 0. The van der Waals surface area contributed by atoms with Crippen molar-refractivity contribution >= 4 is 5.91 Å². The third-order valence-corrected chi connectivity index (χ3v) is 4.38. The van der Waals surface area contributed by atoms with Gasteiger partial charge in [0.15, 0.2) is 0 Å². The number of amides is 1. The Morgan fingerprint density at radius 2 is 2.17 bits per heavy atom. The van der Waals surface area contributed by atoms with Gasteiger partial charge in [-0.25, -0.2) is 0 Å². The molecular weight excluding hydrogens is 228 g/mol. The molecule has 0 aromatic rings. The van der Waals surface area contributed by atoms with Crippen LogP contribution in [0.4, 0.5) is 0 Å². The summed E-state index contributed by atoms with van der Waals surface area (Å²) in [6.45, 7) is 6.79. The first-order chi connectivity index (χ1) is 8.74. The fraction of sp³-hybridized carbons (Fsp3) is 0.929. The van der Waals surface area contributed by atoms with Crippen molar-refractivity contribution < 1.29 is 9.53 Å². The molecule has 0 aromatic carbocycles. The second kappa shape index (κ2) is 6.53. The zero-order chi connectivity index (χ0) is 13.0. The van der Waals surface area contributed by atoms with E-state index in [0.717, 1.165) is 52.0 Å². The van der Waals surface area contributed by atoms with Crippen LogP contribution in [0.1, 0.15) is 46.0 Å². The maximum Gasteiger partial charge on any atom is 0.241 e. The van der Waals surface area contributed by atoms with Crippen LogP contribution in [0.2, 0.25) is 0 Å². The molecule has 104 valence electrons. The number of ether oxygens (including phenoxy) is 1. The van der Waals surface area contributed by atoms with E-state index in [1.807, 2.05) is 4.90 Å². The Balaban J connectivity index is 1.87. The van der Waals surface area contributed by atoms with E-state index in [-0.39, 0.29) is 6.04 Å². The molecular formula is C14H26N2O2. The molecule has 18 heavy (non-hydrogen) atoms. The first-order valence-corrected chi connectivity index (χ1v) is 7.35. The van der Waals surface area contributed by atoms with Crippen LogP contribution in [-0.2, 0) is 9.53 Å². The standard InChI is InChI=1S/C14H26N2O2/c1-3-4-5-13-14(17)16(10-15-13)11(2)12-6-8-18-9-7-12/h11-13,15H,3-10H2,1-2H3. The van der Waals surface area contributed by atoms with Crippen molar-refractivity contribution in [2.24, 2.45) is 5.92 Å². The van der Waals surface area contributed by atoms with E-state index in [2.05, 4.69) is 19.2 Å². The number of rotatable bonds is 5. The van der Waals surface area contributed by atoms with Gasteiger partial charge in [0.25, 0.3) is 0 Å². The lowest BCUT2D eigenvalue weighted by Gasteiger charge is -2.33. The average molecular weight is 254 g/mol. The zero-order valence-corrected chi connectivity index (χ0v) is 11.7. The second-order valence-electron chi connectivity index (χ2n) is 5.56. The van der Waals surface area contributed by atoms with Crippen molar-refractivity contribution in [2.45, 2.75) is 58.0 Å². The molecule has 2 aliphatic heterocycles. The topological polar surface area (TPSA) is 41.6 Å². The minimum atomic E-state index is 0.0623. The first kappa shape index (κ1) is 13.8. The minimum absolute atomic E-state index is 0.0623. The molecule has 4 heteroatoms. The average Bonchev–Trinajstić information content (AvgIpc) is 2.78. The van der Waals surface area contributed by atoms with Crippen molar-refractivity contribution in [3.63, 3.8) is 0 Å². The number of nitrogens with one attached hydrogen (secondary N) is 1. The fourth-order valence-electron chi connectivity index (χ4n) is 3.01. The van der Waals surface area contributed by atoms with Gasteiger partial charge in [-0.15, -0.1) is 0 Å². The smallest absolute Gasteiger partial charge is 0.241 e. The Morgan fingerprint density at radius 1 is 1.44 bits per heavy atom. The normalized spacial score (nSPS) is 27.8. The summed E-state index contributed by atoms with van der Waals surface area (Å²) in [5, 5.41) is 3.36. The molecule has 2 atom stereocenters. The van der Waals surface area contributed by atoms with Crippen molar-refractivity contribution in [3.8, 4) is 0 Å². The Bertz CT molecular complexity index is 277. The molecule has 0 saturated carbocycles. The molecule has 2 saturated heterocycles. The minimum Gasteiger partial charge on any atom is -0.381 e. The van der Waals surface area contributed by atoms with Crippen LogP contribution in [0.15, 0.2) is 0 Å². The maximum absolute atomic E-state index is 12.3. The lowest BCUT2D eigenvalue weighted by molar-refractivity contribution is -0.132. The van der Waals surface area contributed by atoms with Crippen LogP contribution < -0.4 is 5.32 Å². The summed E-state index contributed by atoms with van der Waals surface area (Å²) in [6, 6.07) is 0.410. The van der Waals surface area contributed by atoms with E-state index in [1.165, 1.54) is 0 Å². The fourth-order valence-corrected chi connectivity index (χ4v) is 3.01. The summed E-state index contributed by atoms with van der Waals surface area (Å²) >= 11 is 0. The van der Waals surface area contributed by atoms with Gasteiger partial charge >= 0.3 is 0 Å². The van der Waals surface area contributed by atoms with Gasteiger partial charge < -0.3 is 9.64 Å². The molecule has 1 N–H and O–H groups in total. The molecule has 0 aromatic heterocycles. The van der Waals surface area contributed by atoms with E-state index < -0.39 is 0 Å². The molecule has 2 aliphatic rings. The molecule has 0 spiro atoms. The van der Waals surface area contributed by atoms with Gasteiger partial charge in [0.05, 0.1) is 12.7 Å². The molecule has 2 rings (SSSR count). The number of carbonyl (C=O) groups is 1. The highest BCUT2D eigenvalue weighted by Crippen LogP contribution is 2.25. The van der Waals surface area contributed by atoms with Crippen LogP contribution >= 0.6 is 0 Å². The third kappa shape index (κ3) is 3.04. The summed E-state index contributed by atoms with van der Waals surface area (Å²) < 4.78 is 5.39. The summed E-state index contributed by atoms with van der Waals surface area (Å²) in [4.78, 5) is 14.4. The Morgan fingerprint density at radius 3 is 2.83 bits per heavy atom. The number of carbonyl (C=O) groups excluding carboxylic acids is 1. The highest BCUT2D eigenvalue weighted by atomic mass is 16.5. The summed E-state index contributed by atoms with van der Waals surface area (Å²) in [7, 11) is 0. The second-order valence-corrected chi connectivity index (χ2v) is 5.56. The van der Waals surface area contributed by atoms with Crippen LogP contribution in [0.5, 0.6) is 0 Å². The number of unbranched alkanes of at least 4 members (excludes halogenated alkanes) is 1. The van der Waals surface area contributed by atoms with Gasteiger partial charge in [-0.2, -0.15) is 0 Å².